The highest BCUT2D eigenvalue weighted by atomic mass is 35.5. The topological polar surface area (TPSA) is 75.7 Å². The lowest BCUT2D eigenvalue weighted by molar-refractivity contribution is 0.0773. The number of hydrogen-bond acceptors (Lipinski definition) is 4. The highest BCUT2D eigenvalue weighted by Crippen LogP contribution is 2.22. The van der Waals surface area contributed by atoms with Crippen molar-refractivity contribution in [2.24, 2.45) is 0 Å². The molecule has 0 bridgehead atoms. The highest BCUT2D eigenvalue weighted by Gasteiger charge is 2.28. The zero-order valence-corrected chi connectivity index (χ0v) is 16.5. The summed E-state index contributed by atoms with van der Waals surface area (Å²) in [7, 11) is -1.95. The molecule has 0 atom stereocenters. The van der Waals surface area contributed by atoms with Gasteiger partial charge in [-0.15, -0.1) is 0 Å². The van der Waals surface area contributed by atoms with Gasteiger partial charge >= 0.3 is 0 Å². The average Bonchev–Trinajstić information content (AvgIpc) is 3.44. The van der Waals surface area contributed by atoms with Crippen LogP contribution in [0, 0.1) is 0 Å². The van der Waals surface area contributed by atoms with Crippen molar-refractivity contribution in [1.82, 2.24) is 9.62 Å². The average molecular weight is 409 g/mol. The van der Waals surface area contributed by atoms with Crippen molar-refractivity contribution in [2.75, 3.05) is 20.2 Å². The standard InChI is InChI=1S/C19H21ClN2O4S/c1-22(10-11-26-17-6-3-5-15(20)13-17)19(23)14-4-2-7-18(12-14)27(24,25)21-16-8-9-16/h2-7,12-13,16,21H,8-11H2,1H3. The van der Waals surface area contributed by atoms with Gasteiger partial charge < -0.3 is 9.64 Å². The van der Waals surface area contributed by atoms with Crippen LogP contribution in [0.3, 0.4) is 0 Å². The molecule has 27 heavy (non-hydrogen) atoms. The van der Waals surface area contributed by atoms with Crippen LogP contribution in [0.15, 0.2) is 53.4 Å². The van der Waals surface area contributed by atoms with Gasteiger partial charge in [-0.3, -0.25) is 4.79 Å². The third-order valence-corrected chi connectivity index (χ3v) is 5.88. The molecule has 0 radical (unpaired) electrons. The molecule has 0 heterocycles. The lowest BCUT2D eigenvalue weighted by atomic mass is 10.2. The molecule has 144 valence electrons. The van der Waals surface area contributed by atoms with Crippen molar-refractivity contribution in [3.63, 3.8) is 0 Å². The Labute approximate surface area is 164 Å². The first-order chi connectivity index (χ1) is 12.8. The van der Waals surface area contributed by atoms with Crippen molar-refractivity contribution in [2.45, 2.75) is 23.8 Å². The monoisotopic (exact) mass is 408 g/mol. The van der Waals surface area contributed by atoms with E-state index in [0.29, 0.717) is 29.5 Å². The molecule has 3 rings (SSSR count). The van der Waals surface area contributed by atoms with Gasteiger partial charge in [0.25, 0.3) is 5.91 Å². The van der Waals surface area contributed by atoms with Crippen molar-refractivity contribution < 1.29 is 17.9 Å². The molecular formula is C19H21ClN2O4S. The van der Waals surface area contributed by atoms with Crippen LogP contribution in [0.1, 0.15) is 23.2 Å². The van der Waals surface area contributed by atoms with E-state index >= 15 is 0 Å². The minimum absolute atomic E-state index is 0.0145. The van der Waals surface area contributed by atoms with Gasteiger partial charge in [-0.25, -0.2) is 13.1 Å². The van der Waals surface area contributed by atoms with E-state index < -0.39 is 10.0 Å². The molecular weight excluding hydrogens is 388 g/mol. The Morgan fingerprint density at radius 1 is 1.22 bits per heavy atom. The number of likely N-dealkylation sites (N-methyl/N-ethyl adjacent to an activating group) is 1. The summed E-state index contributed by atoms with van der Waals surface area (Å²) in [4.78, 5) is 14.2. The molecule has 1 saturated carbocycles. The number of nitrogens with one attached hydrogen (secondary N) is 1. The van der Waals surface area contributed by atoms with Gasteiger partial charge in [-0.05, 0) is 49.2 Å². The Balaban J connectivity index is 1.60. The van der Waals surface area contributed by atoms with Crippen LogP contribution < -0.4 is 9.46 Å². The molecule has 1 aliphatic rings. The number of hydrogen-bond donors (Lipinski definition) is 1. The predicted octanol–water partition coefficient (Wildman–Crippen LogP) is 2.93. The van der Waals surface area contributed by atoms with Crippen LogP contribution in [0.2, 0.25) is 5.02 Å². The largest absolute Gasteiger partial charge is 0.492 e. The number of sulfonamides is 1. The Morgan fingerprint density at radius 3 is 2.67 bits per heavy atom. The number of ether oxygens (including phenoxy) is 1. The fraction of sp³-hybridized carbons (Fsp3) is 0.316. The molecule has 1 fully saturated rings. The van der Waals surface area contributed by atoms with Crippen molar-refractivity contribution >= 4 is 27.5 Å². The number of halogens is 1. The van der Waals surface area contributed by atoms with E-state index in [-0.39, 0.29) is 16.8 Å². The summed E-state index contributed by atoms with van der Waals surface area (Å²) in [6.45, 7) is 0.645. The third-order valence-electron chi connectivity index (χ3n) is 4.13. The normalized spacial score (nSPS) is 14.0. The van der Waals surface area contributed by atoms with Crippen molar-refractivity contribution in [1.29, 1.82) is 0 Å². The summed E-state index contributed by atoms with van der Waals surface area (Å²) < 4.78 is 32.8. The number of carbonyl (C=O) groups excluding carboxylic acids is 1. The third kappa shape index (κ3) is 5.45. The van der Waals surface area contributed by atoms with E-state index in [4.69, 9.17) is 16.3 Å². The van der Waals surface area contributed by atoms with E-state index in [1.165, 1.54) is 17.0 Å². The second kappa shape index (κ2) is 8.29. The number of rotatable bonds is 8. The van der Waals surface area contributed by atoms with Crippen LogP contribution in [0.5, 0.6) is 5.75 Å². The molecule has 1 N–H and O–H groups in total. The summed E-state index contributed by atoms with van der Waals surface area (Å²) in [5.74, 6) is 0.357. The van der Waals surface area contributed by atoms with Crippen LogP contribution in [0.25, 0.3) is 0 Å². The van der Waals surface area contributed by atoms with Crippen molar-refractivity contribution in [3.8, 4) is 5.75 Å². The number of nitrogens with zero attached hydrogens (tertiary/aromatic N) is 1. The van der Waals surface area contributed by atoms with E-state index in [1.54, 1.807) is 43.4 Å². The minimum atomic E-state index is -3.59. The predicted molar refractivity (Wildman–Crippen MR) is 104 cm³/mol. The van der Waals surface area contributed by atoms with Crippen LogP contribution in [0.4, 0.5) is 0 Å². The van der Waals surface area contributed by atoms with Crippen LogP contribution in [-0.4, -0.2) is 45.5 Å². The lowest BCUT2D eigenvalue weighted by Gasteiger charge is -2.18. The zero-order valence-electron chi connectivity index (χ0n) is 14.9. The molecule has 1 aliphatic carbocycles. The maximum atomic E-state index is 12.6. The Morgan fingerprint density at radius 2 is 1.96 bits per heavy atom. The van der Waals surface area contributed by atoms with Crippen LogP contribution >= 0.6 is 11.6 Å². The smallest absolute Gasteiger partial charge is 0.253 e. The van der Waals surface area contributed by atoms with Gasteiger partial charge in [0.15, 0.2) is 0 Å². The molecule has 0 unspecified atom stereocenters. The minimum Gasteiger partial charge on any atom is -0.492 e. The first kappa shape index (κ1) is 19.7. The molecule has 2 aromatic carbocycles. The Hall–Kier alpha value is -2.09. The molecule has 0 spiro atoms. The summed E-state index contributed by atoms with van der Waals surface area (Å²) >= 11 is 5.90. The molecule has 0 aliphatic heterocycles. The van der Waals surface area contributed by atoms with E-state index in [0.717, 1.165) is 12.8 Å². The van der Waals surface area contributed by atoms with E-state index in [1.807, 2.05) is 0 Å². The quantitative estimate of drug-likeness (QED) is 0.728. The maximum Gasteiger partial charge on any atom is 0.253 e. The molecule has 1 amide bonds. The van der Waals surface area contributed by atoms with Gasteiger partial charge in [0.1, 0.15) is 12.4 Å². The summed E-state index contributed by atoms with van der Waals surface area (Å²) in [6.07, 6.45) is 1.71. The fourth-order valence-electron chi connectivity index (χ4n) is 2.46. The summed E-state index contributed by atoms with van der Waals surface area (Å²) in [6, 6.07) is 13.1. The fourth-order valence-corrected chi connectivity index (χ4v) is 3.99. The van der Waals surface area contributed by atoms with Crippen molar-refractivity contribution in [3.05, 3.63) is 59.1 Å². The van der Waals surface area contributed by atoms with E-state index in [9.17, 15) is 13.2 Å². The van der Waals surface area contributed by atoms with E-state index in [2.05, 4.69) is 4.72 Å². The lowest BCUT2D eigenvalue weighted by Crippen LogP contribution is -2.31. The Bertz CT molecular complexity index is 929. The van der Waals surface area contributed by atoms with Gasteiger partial charge in [-0.2, -0.15) is 0 Å². The van der Waals surface area contributed by atoms with Gasteiger partial charge in [0.2, 0.25) is 10.0 Å². The number of amides is 1. The summed E-state index contributed by atoms with van der Waals surface area (Å²) in [5.41, 5.74) is 0.318. The first-order valence-electron chi connectivity index (χ1n) is 8.61. The van der Waals surface area contributed by atoms with Gasteiger partial charge in [0.05, 0.1) is 11.4 Å². The SMILES string of the molecule is CN(CCOc1cccc(Cl)c1)C(=O)c1cccc(S(=O)(=O)NC2CC2)c1. The zero-order chi connectivity index (χ0) is 19.4. The molecule has 2 aromatic rings. The number of carbonyl (C=O) groups is 1. The molecule has 6 nitrogen and oxygen atoms in total. The van der Waals surface area contributed by atoms with Gasteiger partial charge in [0, 0.05) is 23.7 Å². The molecule has 8 heteroatoms. The Kier molecular flexibility index (Phi) is 6.04. The summed E-state index contributed by atoms with van der Waals surface area (Å²) in [5, 5.41) is 0.578. The maximum absolute atomic E-state index is 12.6. The second-order valence-electron chi connectivity index (χ2n) is 6.46. The molecule has 0 aromatic heterocycles. The highest BCUT2D eigenvalue weighted by molar-refractivity contribution is 7.89. The van der Waals surface area contributed by atoms with Crippen LogP contribution in [-0.2, 0) is 10.0 Å². The van der Waals surface area contributed by atoms with Gasteiger partial charge in [-0.1, -0.05) is 23.7 Å². The molecule has 0 saturated heterocycles. The first-order valence-corrected chi connectivity index (χ1v) is 10.5. The second-order valence-corrected chi connectivity index (χ2v) is 8.61. The number of benzene rings is 2.